The highest BCUT2D eigenvalue weighted by atomic mass is 16.5. The van der Waals surface area contributed by atoms with Gasteiger partial charge in [0, 0.05) is 32.1 Å². The molecular weight excluding hydrogens is 282 g/mol. The van der Waals surface area contributed by atoms with Crippen molar-refractivity contribution in [1.29, 1.82) is 5.26 Å². The number of ether oxygens (including phenoxy) is 1. The number of aromatic nitrogens is 1. The molecule has 112 valence electrons. The molecule has 0 saturated carbocycles. The number of pyridine rings is 1. The van der Waals surface area contributed by atoms with Crippen LogP contribution in [0.3, 0.4) is 0 Å². The number of piperidine rings is 1. The Hall–Kier alpha value is -2.81. The minimum absolute atomic E-state index is 0.0392. The van der Waals surface area contributed by atoms with Gasteiger partial charge in [-0.25, -0.2) is 4.98 Å². The van der Waals surface area contributed by atoms with Crippen molar-refractivity contribution in [3.8, 4) is 11.9 Å². The lowest BCUT2D eigenvalue weighted by Gasteiger charge is -2.31. The summed E-state index contributed by atoms with van der Waals surface area (Å²) in [6.45, 7) is 1.19. The zero-order valence-corrected chi connectivity index (χ0v) is 11.9. The maximum Gasteiger partial charge on any atom is 0.289 e. The average molecular weight is 297 g/mol. The molecule has 3 rings (SSSR count). The molecule has 1 amide bonds. The van der Waals surface area contributed by atoms with Gasteiger partial charge in [0.1, 0.15) is 17.7 Å². The first-order valence-corrected chi connectivity index (χ1v) is 7.12. The number of furan rings is 1. The van der Waals surface area contributed by atoms with Crippen LogP contribution >= 0.6 is 0 Å². The summed E-state index contributed by atoms with van der Waals surface area (Å²) in [5.41, 5.74) is 0.427. The van der Waals surface area contributed by atoms with Crippen LogP contribution in [0.5, 0.6) is 5.88 Å². The minimum atomic E-state index is -0.0981. The average Bonchev–Trinajstić information content (AvgIpc) is 3.10. The smallest absolute Gasteiger partial charge is 0.289 e. The highest BCUT2D eigenvalue weighted by Crippen LogP contribution is 2.21. The van der Waals surface area contributed by atoms with Gasteiger partial charge in [0.25, 0.3) is 5.91 Å². The molecule has 1 fully saturated rings. The monoisotopic (exact) mass is 297 g/mol. The fraction of sp³-hybridized carbons (Fsp3) is 0.312. The number of hydrogen-bond donors (Lipinski definition) is 0. The van der Waals surface area contributed by atoms with Crippen molar-refractivity contribution in [2.45, 2.75) is 18.9 Å². The van der Waals surface area contributed by atoms with E-state index in [2.05, 4.69) is 11.1 Å². The maximum absolute atomic E-state index is 12.2. The van der Waals surface area contributed by atoms with Crippen LogP contribution in [0.25, 0.3) is 0 Å². The summed E-state index contributed by atoms with van der Waals surface area (Å²) in [6, 6.07) is 8.82. The van der Waals surface area contributed by atoms with Gasteiger partial charge >= 0.3 is 0 Å². The van der Waals surface area contributed by atoms with E-state index in [1.54, 1.807) is 35.4 Å². The third kappa shape index (κ3) is 2.93. The number of rotatable bonds is 3. The SMILES string of the molecule is N#Cc1cccnc1OC1CCN(C(=O)c2ccco2)CC1. The zero-order valence-electron chi connectivity index (χ0n) is 11.9. The van der Waals surface area contributed by atoms with Crippen molar-refractivity contribution < 1.29 is 13.9 Å². The minimum Gasteiger partial charge on any atom is -0.473 e. The molecule has 0 N–H and O–H groups in total. The maximum atomic E-state index is 12.2. The quantitative estimate of drug-likeness (QED) is 0.868. The Balaban J connectivity index is 1.58. The summed E-state index contributed by atoms with van der Waals surface area (Å²) in [5.74, 6) is 0.621. The van der Waals surface area contributed by atoms with Gasteiger partial charge in [-0.1, -0.05) is 0 Å². The third-order valence-electron chi connectivity index (χ3n) is 3.63. The second kappa shape index (κ2) is 6.31. The Labute approximate surface area is 127 Å². The van der Waals surface area contributed by atoms with Crippen molar-refractivity contribution in [2.75, 3.05) is 13.1 Å². The van der Waals surface area contributed by atoms with Crippen LogP contribution in [0.1, 0.15) is 29.0 Å². The fourth-order valence-corrected chi connectivity index (χ4v) is 2.46. The second-order valence-corrected chi connectivity index (χ2v) is 5.05. The molecule has 0 spiro atoms. The van der Waals surface area contributed by atoms with Gasteiger partial charge in [-0.3, -0.25) is 4.79 Å². The Morgan fingerprint density at radius 3 is 2.86 bits per heavy atom. The molecule has 0 bridgehead atoms. The number of hydrogen-bond acceptors (Lipinski definition) is 5. The number of nitrogens with zero attached hydrogens (tertiary/aromatic N) is 3. The summed E-state index contributed by atoms with van der Waals surface area (Å²) in [6.07, 6.45) is 4.46. The Morgan fingerprint density at radius 2 is 2.18 bits per heavy atom. The van der Waals surface area contributed by atoms with E-state index < -0.39 is 0 Å². The zero-order chi connectivity index (χ0) is 15.4. The highest BCUT2D eigenvalue weighted by Gasteiger charge is 2.26. The molecule has 0 radical (unpaired) electrons. The third-order valence-corrected chi connectivity index (χ3v) is 3.63. The van der Waals surface area contributed by atoms with E-state index in [9.17, 15) is 4.79 Å². The van der Waals surface area contributed by atoms with Crippen molar-refractivity contribution in [1.82, 2.24) is 9.88 Å². The number of amides is 1. The number of carbonyl (C=O) groups is 1. The van der Waals surface area contributed by atoms with E-state index in [4.69, 9.17) is 14.4 Å². The van der Waals surface area contributed by atoms with Gasteiger partial charge in [-0.2, -0.15) is 5.26 Å². The van der Waals surface area contributed by atoms with Crippen LogP contribution in [0, 0.1) is 11.3 Å². The first-order chi connectivity index (χ1) is 10.8. The van der Waals surface area contributed by atoms with Crippen molar-refractivity contribution in [3.63, 3.8) is 0 Å². The molecule has 6 nitrogen and oxygen atoms in total. The predicted octanol–water partition coefficient (Wildman–Crippen LogP) is 2.23. The predicted molar refractivity (Wildman–Crippen MR) is 77.2 cm³/mol. The summed E-state index contributed by atoms with van der Waals surface area (Å²) >= 11 is 0. The number of carbonyl (C=O) groups excluding carboxylic acids is 1. The second-order valence-electron chi connectivity index (χ2n) is 5.05. The summed E-state index contributed by atoms with van der Waals surface area (Å²) < 4.78 is 10.9. The van der Waals surface area contributed by atoms with Gasteiger partial charge in [0.2, 0.25) is 5.88 Å². The molecule has 0 unspecified atom stereocenters. The molecule has 0 aliphatic carbocycles. The summed E-state index contributed by atoms with van der Waals surface area (Å²) in [4.78, 5) is 18.0. The number of likely N-dealkylation sites (tertiary alicyclic amines) is 1. The van der Waals surface area contributed by atoms with Crippen LogP contribution in [0.15, 0.2) is 41.1 Å². The van der Waals surface area contributed by atoms with Crippen molar-refractivity contribution in [3.05, 3.63) is 48.0 Å². The van der Waals surface area contributed by atoms with Crippen LogP contribution in [-0.2, 0) is 0 Å². The van der Waals surface area contributed by atoms with Gasteiger partial charge in [0.15, 0.2) is 5.76 Å². The van der Waals surface area contributed by atoms with E-state index in [-0.39, 0.29) is 12.0 Å². The molecule has 1 saturated heterocycles. The van der Waals surface area contributed by atoms with E-state index >= 15 is 0 Å². The summed E-state index contributed by atoms with van der Waals surface area (Å²) in [5, 5.41) is 9.04. The summed E-state index contributed by atoms with van der Waals surface area (Å²) in [7, 11) is 0. The van der Waals surface area contributed by atoms with Crippen LogP contribution < -0.4 is 4.74 Å². The largest absolute Gasteiger partial charge is 0.473 e. The van der Waals surface area contributed by atoms with Gasteiger partial charge in [-0.05, 0) is 24.3 Å². The van der Waals surface area contributed by atoms with Crippen LogP contribution in [0.2, 0.25) is 0 Å². The molecule has 22 heavy (non-hydrogen) atoms. The Bertz CT molecular complexity index is 683. The van der Waals surface area contributed by atoms with Crippen LogP contribution in [-0.4, -0.2) is 35.0 Å². The molecule has 3 heterocycles. The highest BCUT2D eigenvalue weighted by molar-refractivity contribution is 5.91. The lowest BCUT2D eigenvalue weighted by molar-refractivity contribution is 0.0559. The first kappa shape index (κ1) is 14.1. The van der Waals surface area contributed by atoms with E-state index in [1.165, 1.54) is 6.26 Å². The molecule has 2 aromatic rings. The topological polar surface area (TPSA) is 79.4 Å². The lowest BCUT2D eigenvalue weighted by atomic mass is 10.1. The standard InChI is InChI=1S/C16H15N3O3/c17-11-12-3-1-7-18-15(12)22-13-5-8-19(9-6-13)16(20)14-4-2-10-21-14/h1-4,7,10,13H,5-6,8-9H2. The first-order valence-electron chi connectivity index (χ1n) is 7.12. The lowest BCUT2D eigenvalue weighted by Crippen LogP contribution is -2.41. The van der Waals surface area contributed by atoms with Crippen molar-refractivity contribution >= 4 is 5.91 Å². The number of nitriles is 1. The Kier molecular flexibility index (Phi) is 4.05. The van der Waals surface area contributed by atoms with Crippen molar-refractivity contribution in [2.24, 2.45) is 0 Å². The molecule has 1 aliphatic heterocycles. The molecule has 0 aromatic carbocycles. The van der Waals surface area contributed by atoms with Gasteiger partial charge in [-0.15, -0.1) is 0 Å². The van der Waals surface area contributed by atoms with Gasteiger partial charge < -0.3 is 14.1 Å². The fourth-order valence-electron chi connectivity index (χ4n) is 2.46. The van der Waals surface area contributed by atoms with E-state index in [1.807, 2.05) is 0 Å². The molecule has 6 heteroatoms. The van der Waals surface area contributed by atoms with Crippen LogP contribution in [0.4, 0.5) is 0 Å². The molecule has 2 aromatic heterocycles. The molecule has 0 atom stereocenters. The molecular formula is C16H15N3O3. The van der Waals surface area contributed by atoms with E-state index in [0.29, 0.717) is 43.1 Å². The van der Waals surface area contributed by atoms with E-state index in [0.717, 1.165) is 0 Å². The normalized spacial score (nSPS) is 15.3. The Morgan fingerprint density at radius 1 is 1.36 bits per heavy atom. The molecule has 1 aliphatic rings. The van der Waals surface area contributed by atoms with Gasteiger partial charge in [0.05, 0.1) is 6.26 Å².